The number of nitrogens with one attached hydrogen (secondary N) is 1. The van der Waals surface area contributed by atoms with E-state index in [2.05, 4.69) is 36.0 Å². The molecule has 4 rings (SSSR count). The first-order chi connectivity index (χ1) is 14.2. The summed E-state index contributed by atoms with van der Waals surface area (Å²) in [4.78, 5) is 12.7. The summed E-state index contributed by atoms with van der Waals surface area (Å²) in [6.07, 6.45) is 5.82. The van der Waals surface area contributed by atoms with Crippen molar-refractivity contribution >= 4 is 27.5 Å². The van der Waals surface area contributed by atoms with Crippen molar-refractivity contribution in [1.29, 1.82) is 0 Å². The number of anilines is 1. The molecule has 0 atom stereocenters. The fraction of sp³-hybridized carbons (Fsp3) is 0.318. The van der Waals surface area contributed by atoms with Crippen molar-refractivity contribution in [2.24, 2.45) is 0 Å². The Bertz CT molecular complexity index is 1010. The first-order valence-corrected chi connectivity index (χ1v) is 10.6. The Balaban J connectivity index is 1.52. The summed E-state index contributed by atoms with van der Waals surface area (Å²) in [5.74, 6) is 2.41. The van der Waals surface area contributed by atoms with Crippen molar-refractivity contribution in [3.05, 3.63) is 58.3 Å². The SMILES string of the molecule is COc1ccc(Br)c(C(=O)Nc2ccc(-c3nnc4n3CCCCCC4)cc2)c1. The molecule has 1 aliphatic rings. The molecule has 1 aliphatic heterocycles. The van der Waals surface area contributed by atoms with Crippen molar-refractivity contribution in [2.75, 3.05) is 12.4 Å². The van der Waals surface area contributed by atoms with Gasteiger partial charge in [-0.1, -0.05) is 12.8 Å². The topological polar surface area (TPSA) is 69.0 Å². The minimum atomic E-state index is -0.198. The Labute approximate surface area is 178 Å². The first-order valence-electron chi connectivity index (χ1n) is 9.83. The van der Waals surface area contributed by atoms with Gasteiger partial charge in [0.1, 0.15) is 11.6 Å². The maximum atomic E-state index is 12.7. The molecular weight excluding hydrogens is 432 g/mol. The minimum absolute atomic E-state index is 0.198. The number of carbonyl (C=O) groups excluding carboxylic acids is 1. The van der Waals surface area contributed by atoms with Crippen molar-refractivity contribution < 1.29 is 9.53 Å². The number of fused-ring (bicyclic) bond motifs is 1. The average molecular weight is 455 g/mol. The molecule has 3 aromatic rings. The maximum absolute atomic E-state index is 12.7. The van der Waals surface area contributed by atoms with Gasteiger partial charge in [0.2, 0.25) is 0 Å². The van der Waals surface area contributed by atoms with Crippen LogP contribution in [0, 0.1) is 0 Å². The second kappa shape index (κ2) is 8.78. The molecule has 0 saturated heterocycles. The van der Waals surface area contributed by atoms with E-state index in [1.54, 1.807) is 25.3 Å². The van der Waals surface area contributed by atoms with Crippen molar-refractivity contribution in [3.63, 3.8) is 0 Å². The molecule has 29 heavy (non-hydrogen) atoms. The number of halogens is 1. The fourth-order valence-corrected chi connectivity index (χ4v) is 4.01. The van der Waals surface area contributed by atoms with E-state index >= 15 is 0 Å². The Morgan fingerprint density at radius 2 is 1.86 bits per heavy atom. The van der Waals surface area contributed by atoms with Crippen LogP contribution in [0.1, 0.15) is 41.9 Å². The number of methoxy groups -OCH3 is 1. The monoisotopic (exact) mass is 454 g/mol. The molecule has 7 heteroatoms. The van der Waals surface area contributed by atoms with Crippen LogP contribution >= 0.6 is 15.9 Å². The summed E-state index contributed by atoms with van der Waals surface area (Å²) in [6, 6.07) is 13.1. The van der Waals surface area contributed by atoms with Gasteiger partial charge in [-0.05, 0) is 71.2 Å². The van der Waals surface area contributed by atoms with Crippen LogP contribution in [0.4, 0.5) is 5.69 Å². The number of nitrogens with zero attached hydrogens (tertiary/aromatic N) is 3. The van der Waals surface area contributed by atoms with Gasteiger partial charge < -0.3 is 14.6 Å². The number of aromatic nitrogens is 3. The van der Waals surface area contributed by atoms with Crippen LogP contribution < -0.4 is 10.1 Å². The van der Waals surface area contributed by atoms with E-state index in [4.69, 9.17) is 4.74 Å². The number of hydrogen-bond donors (Lipinski definition) is 1. The molecule has 0 bridgehead atoms. The predicted molar refractivity (Wildman–Crippen MR) is 116 cm³/mol. The molecule has 2 aromatic carbocycles. The molecule has 1 aromatic heterocycles. The third-order valence-corrected chi connectivity index (χ3v) is 5.87. The Morgan fingerprint density at radius 1 is 1.07 bits per heavy atom. The van der Waals surface area contributed by atoms with Gasteiger partial charge in [0, 0.05) is 28.7 Å². The molecule has 6 nitrogen and oxygen atoms in total. The number of amides is 1. The predicted octanol–water partition coefficient (Wildman–Crippen LogP) is 5.09. The van der Waals surface area contributed by atoms with E-state index in [0.717, 1.165) is 46.8 Å². The molecule has 150 valence electrons. The van der Waals surface area contributed by atoms with Crippen LogP contribution in [-0.2, 0) is 13.0 Å². The van der Waals surface area contributed by atoms with Gasteiger partial charge in [-0.25, -0.2) is 0 Å². The van der Waals surface area contributed by atoms with Crippen LogP contribution in [0.15, 0.2) is 46.9 Å². The minimum Gasteiger partial charge on any atom is -0.497 e. The summed E-state index contributed by atoms with van der Waals surface area (Å²) in [5, 5.41) is 11.8. The number of carbonyl (C=O) groups is 1. The normalized spacial score (nSPS) is 13.9. The number of hydrogen-bond acceptors (Lipinski definition) is 4. The smallest absolute Gasteiger partial charge is 0.256 e. The third kappa shape index (κ3) is 4.34. The molecule has 0 saturated carbocycles. The maximum Gasteiger partial charge on any atom is 0.256 e. The van der Waals surface area contributed by atoms with Gasteiger partial charge >= 0.3 is 0 Å². The summed E-state index contributed by atoms with van der Waals surface area (Å²) < 4.78 is 8.17. The first kappa shape index (κ1) is 19.6. The number of benzene rings is 2. The van der Waals surface area contributed by atoms with Gasteiger partial charge in [-0.2, -0.15) is 0 Å². The van der Waals surface area contributed by atoms with Crippen LogP contribution in [0.2, 0.25) is 0 Å². The molecular formula is C22H23BrN4O2. The third-order valence-electron chi connectivity index (χ3n) is 5.18. The van der Waals surface area contributed by atoms with E-state index < -0.39 is 0 Å². The van der Waals surface area contributed by atoms with Crippen molar-refractivity contribution in [2.45, 2.75) is 38.6 Å². The van der Waals surface area contributed by atoms with E-state index in [0.29, 0.717) is 11.3 Å². The van der Waals surface area contributed by atoms with Crippen LogP contribution in [-0.4, -0.2) is 27.8 Å². The van der Waals surface area contributed by atoms with Crippen molar-refractivity contribution in [3.8, 4) is 17.1 Å². The molecule has 2 heterocycles. The van der Waals surface area contributed by atoms with Gasteiger partial charge in [-0.3, -0.25) is 4.79 Å². The molecule has 0 radical (unpaired) electrons. The Hall–Kier alpha value is -2.67. The second-order valence-corrected chi connectivity index (χ2v) is 7.99. The highest BCUT2D eigenvalue weighted by atomic mass is 79.9. The summed E-state index contributed by atoms with van der Waals surface area (Å²) >= 11 is 3.42. The number of rotatable bonds is 4. The zero-order chi connectivity index (χ0) is 20.2. The lowest BCUT2D eigenvalue weighted by Crippen LogP contribution is -2.12. The zero-order valence-corrected chi connectivity index (χ0v) is 17.9. The highest BCUT2D eigenvalue weighted by Crippen LogP contribution is 2.26. The lowest BCUT2D eigenvalue weighted by atomic mass is 10.1. The highest BCUT2D eigenvalue weighted by molar-refractivity contribution is 9.10. The van der Waals surface area contributed by atoms with E-state index in [1.807, 2.05) is 24.3 Å². The van der Waals surface area contributed by atoms with E-state index in [-0.39, 0.29) is 5.91 Å². The highest BCUT2D eigenvalue weighted by Gasteiger charge is 2.16. The quantitative estimate of drug-likeness (QED) is 0.596. The average Bonchev–Trinajstić information content (AvgIpc) is 3.10. The largest absolute Gasteiger partial charge is 0.497 e. The van der Waals surface area contributed by atoms with Crippen molar-refractivity contribution in [1.82, 2.24) is 14.8 Å². The van der Waals surface area contributed by atoms with Gasteiger partial charge in [0.25, 0.3) is 5.91 Å². The van der Waals surface area contributed by atoms with Crippen LogP contribution in [0.5, 0.6) is 5.75 Å². The van der Waals surface area contributed by atoms with Gasteiger partial charge in [0.05, 0.1) is 12.7 Å². The zero-order valence-electron chi connectivity index (χ0n) is 16.3. The molecule has 1 amide bonds. The summed E-state index contributed by atoms with van der Waals surface area (Å²) in [7, 11) is 1.58. The molecule has 0 spiro atoms. The molecule has 0 fully saturated rings. The lowest BCUT2D eigenvalue weighted by molar-refractivity contribution is 0.102. The summed E-state index contributed by atoms with van der Waals surface area (Å²) in [5.41, 5.74) is 2.25. The standard InChI is InChI=1S/C22H23BrN4O2/c1-29-17-11-12-19(23)18(14-17)22(28)24-16-9-7-15(8-10-16)21-26-25-20-6-4-2-3-5-13-27(20)21/h7-12,14H,2-6,13H2,1H3,(H,24,28). The molecule has 1 N–H and O–H groups in total. The van der Waals surface area contributed by atoms with Crippen LogP contribution in [0.25, 0.3) is 11.4 Å². The van der Waals surface area contributed by atoms with E-state index in [9.17, 15) is 4.79 Å². The Kier molecular flexibility index (Phi) is 5.94. The lowest BCUT2D eigenvalue weighted by Gasteiger charge is -2.13. The van der Waals surface area contributed by atoms with Gasteiger partial charge in [-0.15, -0.1) is 10.2 Å². The van der Waals surface area contributed by atoms with E-state index in [1.165, 1.54) is 19.3 Å². The second-order valence-electron chi connectivity index (χ2n) is 7.13. The Morgan fingerprint density at radius 3 is 2.66 bits per heavy atom. The number of aryl methyl sites for hydroxylation is 1. The molecule has 0 aliphatic carbocycles. The molecule has 0 unspecified atom stereocenters. The fourth-order valence-electron chi connectivity index (χ4n) is 3.58. The van der Waals surface area contributed by atoms with Crippen LogP contribution in [0.3, 0.4) is 0 Å². The summed E-state index contributed by atoms with van der Waals surface area (Å²) in [6.45, 7) is 0.958. The van der Waals surface area contributed by atoms with Gasteiger partial charge in [0.15, 0.2) is 5.82 Å². The number of ether oxygens (including phenoxy) is 1.